The maximum Gasteiger partial charge on any atom is 0.272 e. The van der Waals surface area contributed by atoms with E-state index in [0.29, 0.717) is 18.7 Å². The number of amides is 2. The third-order valence-corrected chi connectivity index (χ3v) is 8.37. The molecule has 42 heavy (non-hydrogen) atoms. The number of benzene rings is 2. The van der Waals surface area contributed by atoms with Crippen LogP contribution in [0.1, 0.15) is 91.9 Å². The van der Waals surface area contributed by atoms with Gasteiger partial charge in [0.15, 0.2) is 5.69 Å². The Hall–Kier alpha value is -3.49. The Morgan fingerprint density at radius 3 is 2.40 bits per heavy atom. The van der Waals surface area contributed by atoms with Crippen molar-refractivity contribution in [2.75, 3.05) is 13.1 Å². The molecule has 0 bridgehead atoms. The van der Waals surface area contributed by atoms with Gasteiger partial charge in [0.1, 0.15) is 5.69 Å². The van der Waals surface area contributed by atoms with Crippen LogP contribution in [0, 0.1) is 0 Å². The molecule has 3 atom stereocenters. The maximum absolute atomic E-state index is 13.7. The molecular weight excluding hydrogens is 526 g/mol. The van der Waals surface area contributed by atoms with E-state index in [-0.39, 0.29) is 29.7 Å². The van der Waals surface area contributed by atoms with Crippen molar-refractivity contribution in [2.24, 2.45) is 0 Å². The molecular formula is C34H47N5O3. The Labute approximate surface area is 250 Å². The number of aromatic nitrogens is 2. The van der Waals surface area contributed by atoms with Gasteiger partial charge in [-0.3, -0.25) is 14.3 Å². The summed E-state index contributed by atoms with van der Waals surface area (Å²) in [5.41, 5.74) is 2.37. The molecule has 0 radical (unpaired) electrons. The average Bonchev–Trinajstić information content (AvgIpc) is 3.45. The number of carbonyl (C=O) groups is 2. The van der Waals surface area contributed by atoms with Gasteiger partial charge in [0.05, 0.1) is 12.1 Å². The number of carbonyl (C=O) groups excluding carboxylic acids is 2. The van der Waals surface area contributed by atoms with Crippen LogP contribution in [0.15, 0.2) is 66.7 Å². The van der Waals surface area contributed by atoms with E-state index < -0.39 is 18.1 Å². The topological polar surface area (TPSA) is 99.5 Å². The Balaban J connectivity index is 1.51. The van der Waals surface area contributed by atoms with E-state index in [1.54, 1.807) is 10.7 Å². The molecule has 3 N–H and O–H groups in total. The second kappa shape index (κ2) is 14.6. The molecule has 4 rings (SSSR count). The van der Waals surface area contributed by atoms with E-state index in [1.807, 2.05) is 60.4 Å². The molecule has 0 spiro atoms. The summed E-state index contributed by atoms with van der Waals surface area (Å²) in [4.78, 5) is 29.2. The Kier molecular flexibility index (Phi) is 10.9. The van der Waals surface area contributed by atoms with Crippen molar-refractivity contribution in [3.05, 3.63) is 89.2 Å². The Morgan fingerprint density at radius 2 is 1.74 bits per heavy atom. The largest absolute Gasteiger partial charge is 0.390 e. The van der Waals surface area contributed by atoms with Gasteiger partial charge in [0.25, 0.3) is 11.8 Å². The van der Waals surface area contributed by atoms with Crippen LogP contribution in [0.3, 0.4) is 0 Å². The lowest BCUT2D eigenvalue weighted by atomic mass is 9.93. The van der Waals surface area contributed by atoms with Gasteiger partial charge < -0.3 is 20.6 Å². The van der Waals surface area contributed by atoms with Gasteiger partial charge in [0.2, 0.25) is 0 Å². The predicted octanol–water partition coefficient (Wildman–Crippen LogP) is 4.92. The van der Waals surface area contributed by atoms with Crippen LogP contribution >= 0.6 is 0 Å². The quantitative estimate of drug-likeness (QED) is 0.270. The number of nitrogens with zero attached hydrogens (tertiary/aromatic N) is 3. The van der Waals surface area contributed by atoms with Crippen molar-refractivity contribution in [2.45, 2.75) is 96.5 Å². The summed E-state index contributed by atoms with van der Waals surface area (Å²) in [6.07, 6.45) is 4.74. The smallest absolute Gasteiger partial charge is 0.272 e. The molecule has 1 aliphatic rings. The van der Waals surface area contributed by atoms with Gasteiger partial charge >= 0.3 is 0 Å². The number of hydrogen-bond acceptors (Lipinski definition) is 5. The van der Waals surface area contributed by atoms with E-state index in [0.717, 1.165) is 49.8 Å². The summed E-state index contributed by atoms with van der Waals surface area (Å²) in [6, 6.07) is 21.2. The van der Waals surface area contributed by atoms with E-state index in [2.05, 4.69) is 48.6 Å². The zero-order valence-corrected chi connectivity index (χ0v) is 25.6. The normalized spacial score (nSPS) is 17.1. The molecule has 8 nitrogen and oxygen atoms in total. The SMILES string of the molecule is CCCC1CCCCN1C(=O)c1cc(C(=O)N[C@@H](Cc2ccccc2)[C@@H](O)CNC(C)(C)c2ccccc2)nn1CC. The number of rotatable bonds is 13. The van der Waals surface area contributed by atoms with Crippen molar-refractivity contribution in [1.82, 2.24) is 25.3 Å². The van der Waals surface area contributed by atoms with Crippen LogP contribution in [0.5, 0.6) is 0 Å². The van der Waals surface area contributed by atoms with Crippen molar-refractivity contribution in [3.8, 4) is 0 Å². The summed E-state index contributed by atoms with van der Waals surface area (Å²) in [5.74, 6) is -0.461. The molecule has 0 aliphatic carbocycles. The highest BCUT2D eigenvalue weighted by Crippen LogP contribution is 2.24. The van der Waals surface area contributed by atoms with Gasteiger partial charge in [-0.25, -0.2) is 0 Å². The first-order valence-electron chi connectivity index (χ1n) is 15.5. The first-order chi connectivity index (χ1) is 20.2. The lowest BCUT2D eigenvalue weighted by Gasteiger charge is -2.35. The number of piperidine rings is 1. The maximum atomic E-state index is 13.7. The minimum absolute atomic E-state index is 0.0604. The highest BCUT2D eigenvalue weighted by Gasteiger charge is 2.31. The number of hydrogen-bond donors (Lipinski definition) is 3. The van der Waals surface area contributed by atoms with Gasteiger partial charge in [-0.05, 0) is 64.0 Å². The second-order valence-electron chi connectivity index (χ2n) is 11.9. The standard InChI is InChI=1S/C34H47N5O3/c1-5-15-27-20-13-14-21-38(27)33(42)30-23-29(37-39(30)6-2)32(41)36-28(22-25-16-9-7-10-17-25)31(40)24-35-34(3,4)26-18-11-8-12-19-26/h7-12,16-19,23,27-28,31,35,40H,5-6,13-15,20-22,24H2,1-4H3,(H,36,41)/t27?,28-,31-/m0/s1. The highest BCUT2D eigenvalue weighted by atomic mass is 16.3. The minimum Gasteiger partial charge on any atom is -0.390 e. The van der Waals surface area contributed by atoms with Crippen LogP contribution in [-0.2, 0) is 18.5 Å². The Bertz CT molecular complexity index is 1290. The van der Waals surface area contributed by atoms with E-state index in [4.69, 9.17) is 0 Å². The van der Waals surface area contributed by atoms with E-state index >= 15 is 0 Å². The zero-order chi connectivity index (χ0) is 30.1. The molecule has 2 amide bonds. The number of aryl methyl sites for hydroxylation is 1. The molecule has 226 valence electrons. The fourth-order valence-electron chi connectivity index (χ4n) is 5.84. The van der Waals surface area contributed by atoms with E-state index in [9.17, 15) is 14.7 Å². The van der Waals surface area contributed by atoms with Crippen LogP contribution in [0.25, 0.3) is 0 Å². The number of aliphatic hydroxyl groups excluding tert-OH is 1. The zero-order valence-electron chi connectivity index (χ0n) is 25.6. The average molecular weight is 574 g/mol. The fraction of sp³-hybridized carbons (Fsp3) is 0.500. The second-order valence-corrected chi connectivity index (χ2v) is 11.9. The van der Waals surface area contributed by atoms with Crippen LogP contribution < -0.4 is 10.6 Å². The van der Waals surface area contributed by atoms with E-state index in [1.165, 1.54) is 0 Å². The molecule has 2 heterocycles. The van der Waals surface area contributed by atoms with Gasteiger partial charge in [0, 0.05) is 37.3 Å². The summed E-state index contributed by atoms with van der Waals surface area (Å²) < 4.78 is 1.63. The van der Waals surface area contributed by atoms with Crippen LogP contribution in [-0.4, -0.2) is 62.9 Å². The third-order valence-electron chi connectivity index (χ3n) is 8.37. The first kappa shape index (κ1) is 31.4. The molecule has 8 heteroatoms. The van der Waals surface area contributed by atoms with Gasteiger partial charge in [-0.1, -0.05) is 74.0 Å². The molecule has 2 aromatic carbocycles. The number of likely N-dealkylation sites (tertiary alicyclic amines) is 1. The van der Waals surface area contributed by atoms with Crippen molar-refractivity contribution in [3.63, 3.8) is 0 Å². The summed E-state index contributed by atoms with van der Waals surface area (Å²) >= 11 is 0. The number of nitrogens with one attached hydrogen (secondary N) is 2. The van der Waals surface area contributed by atoms with Gasteiger partial charge in [-0.15, -0.1) is 0 Å². The first-order valence-corrected chi connectivity index (χ1v) is 15.5. The molecule has 1 unspecified atom stereocenters. The summed E-state index contributed by atoms with van der Waals surface area (Å²) in [5, 5.41) is 22.4. The molecule has 3 aromatic rings. The fourth-order valence-corrected chi connectivity index (χ4v) is 5.84. The predicted molar refractivity (Wildman–Crippen MR) is 166 cm³/mol. The van der Waals surface area contributed by atoms with Crippen LogP contribution in [0.4, 0.5) is 0 Å². The summed E-state index contributed by atoms with van der Waals surface area (Å²) in [6.45, 7) is 9.71. The molecule has 1 aliphatic heterocycles. The van der Waals surface area contributed by atoms with Crippen molar-refractivity contribution >= 4 is 11.8 Å². The third kappa shape index (κ3) is 7.86. The monoisotopic (exact) mass is 573 g/mol. The van der Waals surface area contributed by atoms with Crippen molar-refractivity contribution < 1.29 is 14.7 Å². The lowest BCUT2D eigenvalue weighted by Crippen LogP contribution is -2.51. The number of aliphatic hydroxyl groups is 1. The van der Waals surface area contributed by atoms with Crippen molar-refractivity contribution in [1.29, 1.82) is 0 Å². The molecule has 0 saturated carbocycles. The molecule has 1 saturated heterocycles. The summed E-state index contributed by atoms with van der Waals surface area (Å²) in [7, 11) is 0. The van der Waals surface area contributed by atoms with Gasteiger partial charge in [-0.2, -0.15) is 5.10 Å². The Morgan fingerprint density at radius 1 is 1.05 bits per heavy atom. The molecule has 1 fully saturated rings. The lowest BCUT2D eigenvalue weighted by molar-refractivity contribution is 0.0588. The minimum atomic E-state index is -0.866. The molecule has 1 aromatic heterocycles. The van der Waals surface area contributed by atoms with Crippen LogP contribution in [0.2, 0.25) is 0 Å². The highest BCUT2D eigenvalue weighted by molar-refractivity contribution is 5.98.